The molecule has 2 rings (SSSR count). The molecule has 1 fully saturated rings. The second kappa shape index (κ2) is 8.79. The number of aliphatic hydroxyl groups excluding tert-OH is 1. The number of nitrogens with zero attached hydrogens (tertiary/aromatic N) is 1. The van der Waals surface area contributed by atoms with Gasteiger partial charge in [-0.1, -0.05) is 31.4 Å². The minimum atomic E-state index is 0.0151. The van der Waals surface area contributed by atoms with Crippen molar-refractivity contribution in [2.75, 3.05) is 19.8 Å². The van der Waals surface area contributed by atoms with Crippen LogP contribution < -0.4 is 4.74 Å². The first-order chi connectivity index (χ1) is 10.7. The third kappa shape index (κ3) is 4.73. The Labute approximate surface area is 133 Å². The molecule has 1 N–H and O–H groups in total. The molecule has 1 aromatic rings. The quantitative estimate of drug-likeness (QED) is 0.842. The van der Waals surface area contributed by atoms with E-state index in [0.717, 1.165) is 30.7 Å². The summed E-state index contributed by atoms with van der Waals surface area (Å²) >= 11 is 0. The van der Waals surface area contributed by atoms with Crippen LogP contribution in [-0.2, 0) is 11.3 Å². The number of benzene rings is 1. The molecule has 22 heavy (non-hydrogen) atoms. The number of carbonyl (C=O) groups excluding carboxylic acids is 1. The molecule has 0 unspecified atom stereocenters. The van der Waals surface area contributed by atoms with Gasteiger partial charge in [-0.05, 0) is 37.5 Å². The number of hydrogen-bond acceptors (Lipinski definition) is 3. The molecule has 122 valence electrons. The van der Waals surface area contributed by atoms with Crippen LogP contribution in [0.2, 0.25) is 0 Å². The Balaban J connectivity index is 1.92. The van der Waals surface area contributed by atoms with Crippen LogP contribution in [-0.4, -0.2) is 35.7 Å². The molecule has 0 spiro atoms. The Morgan fingerprint density at radius 3 is 2.50 bits per heavy atom. The van der Waals surface area contributed by atoms with E-state index in [0.29, 0.717) is 19.1 Å². The van der Waals surface area contributed by atoms with Gasteiger partial charge in [0.25, 0.3) is 0 Å². The predicted octanol–water partition coefficient (Wildman–Crippen LogP) is 2.99. The second-order valence-electron chi connectivity index (χ2n) is 5.90. The van der Waals surface area contributed by atoms with E-state index in [1.807, 2.05) is 36.1 Å². The Hall–Kier alpha value is -1.55. The molecule has 1 amide bonds. The summed E-state index contributed by atoms with van der Waals surface area (Å²) in [5.41, 5.74) is 1.11. The van der Waals surface area contributed by atoms with Crippen molar-refractivity contribution in [3.63, 3.8) is 0 Å². The minimum absolute atomic E-state index is 0.0151. The molecule has 0 atom stereocenters. The van der Waals surface area contributed by atoms with Gasteiger partial charge in [-0.3, -0.25) is 4.79 Å². The molecule has 0 aliphatic heterocycles. The summed E-state index contributed by atoms with van der Waals surface area (Å²) in [5.74, 6) is 1.28. The first-order valence-corrected chi connectivity index (χ1v) is 8.36. The van der Waals surface area contributed by atoms with Gasteiger partial charge in [0.1, 0.15) is 12.4 Å². The Morgan fingerprint density at radius 2 is 1.91 bits per heavy atom. The van der Waals surface area contributed by atoms with Crippen LogP contribution in [0.25, 0.3) is 0 Å². The van der Waals surface area contributed by atoms with E-state index in [1.54, 1.807) is 0 Å². The normalized spacial score (nSPS) is 15.5. The van der Waals surface area contributed by atoms with Crippen LogP contribution in [0, 0.1) is 5.92 Å². The number of aliphatic hydroxyl groups is 1. The van der Waals surface area contributed by atoms with Crippen LogP contribution in [0.1, 0.15) is 44.6 Å². The fraction of sp³-hybridized carbons (Fsp3) is 0.611. The van der Waals surface area contributed by atoms with E-state index in [2.05, 4.69) is 0 Å². The van der Waals surface area contributed by atoms with E-state index in [1.165, 1.54) is 19.3 Å². The lowest BCUT2D eigenvalue weighted by atomic mass is 9.88. The fourth-order valence-corrected chi connectivity index (χ4v) is 3.03. The van der Waals surface area contributed by atoms with Gasteiger partial charge in [0.2, 0.25) is 5.91 Å². The monoisotopic (exact) mass is 305 g/mol. The van der Waals surface area contributed by atoms with Gasteiger partial charge >= 0.3 is 0 Å². The van der Waals surface area contributed by atoms with Crippen molar-refractivity contribution in [1.82, 2.24) is 4.90 Å². The number of carbonyl (C=O) groups is 1. The van der Waals surface area contributed by atoms with Gasteiger partial charge in [-0.25, -0.2) is 0 Å². The summed E-state index contributed by atoms with van der Waals surface area (Å²) in [6.07, 6.45) is 5.73. The average molecular weight is 305 g/mol. The molecule has 1 aromatic carbocycles. The predicted molar refractivity (Wildman–Crippen MR) is 86.7 cm³/mol. The lowest BCUT2D eigenvalue weighted by Crippen LogP contribution is -2.36. The average Bonchev–Trinajstić information content (AvgIpc) is 2.59. The molecule has 0 radical (unpaired) electrons. The highest BCUT2D eigenvalue weighted by Gasteiger charge is 2.25. The molecule has 1 aliphatic rings. The van der Waals surface area contributed by atoms with Crippen LogP contribution in [0.15, 0.2) is 24.3 Å². The highest BCUT2D eigenvalue weighted by molar-refractivity contribution is 5.78. The standard InChI is InChI=1S/C18H27NO3/c1-2-19(18(21)16-6-4-3-5-7-16)14-15-8-10-17(11-9-15)22-13-12-20/h8-11,16,20H,2-7,12-14H2,1H3. The van der Waals surface area contributed by atoms with Crippen LogP contribution in [0.4, 0.5) is 0 Å². The Bertz CT molecular complexity index is 452. The minimum Gasteiger partial charge on any atom is -0.491 e. The molecular formula is C18H27NO3. The first-order valence-electron chi connectivity index (χ1n) is 8.36. The van der Waals surface area contributed by atoms with E-state index in [4.69, 9.17) is 9.84 Å². The lowest BCUT2D eigenvalue weighted by Gasteiger charge is -2.28. The van der Waals surface area contributed by atoms with Crippen molar-refractivity contribution in [3.8, 4) is 5.75 Å². The van der Waals surface area contributed by atoms with Gasteiger partial charge in [0.05, 0.1) is 6.61 Å². The molecule has 0 heterocycles. The zero-order valence-electron chi connectivity index (χ0n) is 13.5. The first kappa shape index (κ1) is 16.8. The molecule has 4 nitrogen and oxygen atoms in total. The molecule has 0 aromatic heterocycles. The molecule has 0 saturated heterocycles. The van der Waals surface area contributed by atoms with E-state index in [9.17, 15) is 4.79 Å². The van der Waals surface area contributed by atoms with Crippen molar-refractivity contribution in [3.05, 3.63) is 29.8 Å². The summed E-state index contributed by atoms with van der Waals surface area (Å²) in [6.45, 7) is 3.77. The van der Waals surface area contributed by atoms with E-state index < -0.39 is 0 Å². The van der Waals surface area contributed by atoms with Crippen molar-refractivity contribution in [1.29, 1.82) is 0 Å². The van der Waals surface area contributed by atoms with Crippen LogP contribution >= 0.6 is 0 Å². The topological polar surface area (TPSA) is 49.8 Å². The van der Waals surface area contributed by atoms with Gasteiger partial charge in [-0.15, -0.1) is 0 Å². The van der Waals surface area contributed by atoms with Crippen molar-refractivity contribution in [2.24, 2.45) is 5.92 Å². The summed E-state index contributed by atoms with van der Waals surface area (Å²) < 4.78 is 5.35. The smallest absolute Gasteiger partial charge is 0.225 e. The third-order valence-corrected chi connectivity index (χ3v) is 4.30. The second-order valence-corrected chi connectivity index (χ2v) is 5.90. The molecule has 4 heteroatoms. The zero-order valence-corrected chi connectivity index (χ0v) is 13.5. The maximum absolute atomic E-state index is 12.6. The number of hydrogen-bond donors (Lipinski definition) is 1. The third-order valence-electron chi connectivity index (χ3n) is 4.30. The maximum Gasteiger partial charge on any atom is 0.225 e. The summed E-state index contributed by atoms with van der Waals surface area (Å²) in [5, 5.41) is 8.75. The Morgan fingerprint density at radius 1 is 1.23 bits per heavy atom. The largest absolute Gasteiger partial charge is 0.491 e. The van der Waals surface area contributed by atoms with Crippen molar-refractivity contribution >= 4 is 5.91 Å². The van der Waals surface area contributed by atoms with Crippen molar-refractivity contribution < 1.29 is 14.6 Å². The van der Waals surface area contributed by atoms with Crippen molar-refractivity contribution in [2.45, 2.75) is 45.6 Å². The fourth-order valence-electron chi connectivity index (χ4n) is 3.03. The van der Waals surface area contributed by atoms with E-state index >= 15 is 0 Å². The highest BCUT2D eigenvalue weighted by Crippen LogP contribution is 2.26. The summed E-state index contributed by atoms with van der Waals surface area (Å²) in [6, 6.07) is 7.76. The van der Waals surface area contributed by atoms with Gasteiger partial charge < -0.3 is 14.7 Å². The molecule has 1 saturated carbocycles. The SMILES string of the molecule is CCN(Cc1ccc(OCCO)cc1)C(=O)C1CCCCC1. The summed E-state index contributed by atoms with van der Waals surface area (Å²) in [4.78, 5) is 14.6. The molecular weight excluding hydrogens is 278 g/mol. The number of ether oxygens (including phenoxy) is 1. The van der Waals surface area contributed by atoms with Gasteiger partial charge in [0.15, 0.2) is 0 Å². The zero-order chi connectivity index (χ0) is 15.8. The number of amides is 1. The molecule has 0 bridgehead atoms. The lowest BCUT2D eigenvalue weighted by molar-refractivity contribution is -0.137. The maximum atomic E-state index is 12.6. The highest BCUT2D eigenvalue weighted by atomic mass is 16.5. The van der Waals surface area contributed by atoms with Crippen LogP contribution in [0.5, 0.6) is 5.75 Å². The number of rotatable bonds is 7. The molecule has 1 aliphatic carbocycles. The van der Waals surface area contributed by atoms with E-state index in [-0.39, 0.29) is 12.5 Å². The van der Waals surface area contributed by atoms with Gasteiger partial charge in [0, 0.05) is 19.0 Å². The van der Waals surface area contributed by atoms with Crippen LogP contribution in [0.3, 0.4) is 0 Å². The Kier molecular flexibility index (Phi) is 6.72. The summed E-state index contributed by atoms with van der Waals surface area (Å²) in [7, 11) is 0. The van der Waals surface area contributed by atoms with Gasteiger partial charge in [-0.2, -0.15) is 0 Å².